The van der Waals surface area contributed by atoms with Crippen LogP contribution >= 0.6 is 15.9 Å². The van der Waals surface area contributed by atoms with E-state index >= 15 is 0 Å². The fraction of sp³-hybridized carbons (Fsp3) is 0.250. The van der Waals surface area contributed by atoms with E-state index in [-0.39, 0.29) is 5.56 Å². The maximum atomic E-state index is 11.1. The second kappa shape index (κ2) is 4.07. The van der Waals surface area contributed by atoms with E-state index in [4.69, 9.17) is 6.42 Å². The number of terminal acetylenes is 1. The molecule has 0 radical (unpaired) electrons. The fourth-order valence-electron chi connectivity index (χ4n) is 0.801. The lowest BCUT2D eigenvalue weighted by Crippen LogP contribution is -2.20. The van der Waals surface area contributed by atoms with Gasteiger partial charge in [0, 0.05) is 13.0 Å². The Morgan fingerprint density at radius 2 is 2.42 bits per heavy atom. The molecule has 0 aromatic carbocycles. The van der Waals surface area contributed by atoms with Gasteiger partial charge >= 0.3 is 0 Å². The number of halogens is 1. The summed E-state index contributed by atoms with van der Waals surface area (Å²) in [4.78, 5) is 14.9. The molecule has 0 amide bonds. The highest BCUT2D eigenvalue weighted by atomic mass is 79.9. The molecule has 0 aliphatic rings. The first-order valence-corrected chi connectivity index (χ1v) is 4.19. The van der Waals surface area contributed by atoms with E-state index in [0.717, 1.165) is 0 Å². The Labute approximate surface area is 78.6 Å². The van der Waals surface area contributed by atoms with Crippen molar-refractivity contribution in [2.75, 3.05) is 0 Å². The molecular formula is C8H7BrN2O. The Morgan fingerprint density at radius 3 is 3.00 bits per heavy atom. The highest BCUT2D eigenvalue weighted by Crippen LogP contribution is 2.04. The average molecular weight is 227 g/mol. The van der Waals surface area contributed by atoms with Crippen molar-refractivity contribution >= 4 is 15.9 Å². The van der Waals surface area contributed by atoms with E-state index in [1.54, 1.807) is 6.20 Å². The highest BCUT2D eigenvalue weighted by molar-refractivity contribution is 9.10. The van der Waals surface area contributed by atoms with Gasteiger partial charge in [0.2, 0.25) is 0 Å². The molecule has 0 atom stereocenters. The molecule has 1 aromatic rings. The Kier molecular flexibility index (Phi) is 3.06. The summed E-state index contributed by atoms with van der Waals surface area (Å²) >= 11 is 3.21. The number of nitrogens with zero attached hydrogens (tertiary/aromatic N) is 2. The van der Waals surface area contributed by atoms with Crippen molar-refractivity contribution in [2.24, 2.45) is 0 Å². The zero-order valence-electron chi connectivity index (χ0n) is 6.33. The van der Waals surface area contributed by atoms with Crippen LogP contribution in [0.1, 0.15) is 6.42 Å². The molecule has 1 heterocycles. The summed E-state index contributed by atoms with van der Waals surface area (Å²) in [7, 11) is 0. The predicted molar refractivity (Wildman–Crippen MR) is 49.6 cm³/mol. The van der Waals surface area contributed by atoms with Gasteiger partial charge < -0.3 is 0 Å². The van der Waals surface area contributed by atoms with Crippen LogP contribution < -0.4 is 5.56 Å². The van der Waals surface area contributed by atoms with E-state index in [2.05, 4.69) is 26.8 Å². The minimum absolute atomic E-state index is 0.139. The molecule has 0 bridgehead atoms. The summed E-state index contributed by atoms with van der Waals surface area (Å²) < 4.78 is 2.19. The summed E-state index contributed by atoms with van der Waals surface area (Å²) in [6.45, 7) is 0.526. The Balaban J connectivity index is 2.98. The van der Waals surface area contributed by atoms with Crippen molar-refractivity contribution in [3.8, 4) is 12.3 Å². The van der Waals surface area contributed by atoms with Crippen molar-refractivity contribution in [1.29, 1.82) is 0 Å². The SMILES string of the molecule is C#CCCn1c(Br)cncc1=O. The monoisotopic (exact) mass is 226 g/mol. The molecule has 4 heteroatoms. The Morgan fingerprint density at radius 1 is 1.67 bits per heavy atom. The lowest BCUT2D eigenvalue weighted by atomic mass is 10.4. The standard InChI is InChI=1S/C8H7BrN2O/c1-2-3-4-11-7(9)5-10-6-8(11)12/h1,5-6H,3-4H2. The van der Waals surface area contributed by atoms with Crippen molar-refractivity contribution < 1.29 is 0 Å². The van der Waals surface area contributed by atoms with Gasteiger partial charge in [-0.3, -0.25) is 14.3 Å². The van der Waals surface area contributed by atoms with Crippen LogP contribution in [0.3, 0.4) is 0 Å². The summed E-state index contributed by atoms with van der Waals surface area (Å²) in [6, 6.07) is 0. The van der Waals surface area contributed by atoms with Gasteiger partial charge in [-0.15, -0.1) is 12.3 Å². The van der Waals surface area contributed by atoms with Gasteiger partial charge in [0.25, 0.3) is 5.56 Å². The summed E-state index contributed by atoms with van der Waals surface area (Å²) in [6.07, 6.45) is 8.46. The molecule has 0 fully saturated rings. The molecular weight excluding hydrogens is 220 g/mol. The van der Waals surface area contributed by atoms with Crippen molar-refractivity contribution in [3.63, 3.8) is 0 Å². The third-order valence-electron chi connectivity index (χ3n) is 1.37. The fourth-order valence-corrected chi connectivity index (χ4v) is 1.27. The number of hydrogen-bond acceptors (Lipinski definition) is 2. The summed E-state index contributed by atoms with van der Waals surface area (Å²) in [5.74, 6) is 2.47. The first kappa shape index (κ1) is 9.01. The Bertz CT molecular complexity index is 364. The van der Waals surface area contributed by atoms with Crippen molar-refractivity contribution in [2.45, 2.75) is 13.0 Å². The molecule has 0 spiro atoms. The molecule has 1 rings (SSSR count). The van der Waals surface area contributed by atoms with Crippen LogP contribution in [0.25, 0.3) is 0 Å². The van der Waals surface area contributed by atoms with E-state index in [1.165, 1.54) is 10.8 Å². The normalized spacial score (nSPS) is 9.33. The van der Waals surface area contributed by atoms with E-state index in [9.17, 15) is 4.79 Å². The zero-order chi connectivity index (χ0) is 8.97. The van der Waals surface area contributed by atoms with Gasteiger partial charge in [0.15, 0.2) is 0 Å². The quantitative estimate of drug-likeness (QED) is 0.707. The molecule has 0 aliphatic carbocycles. The van der Waals surface area contributed by atoms with Gasteiger partial charge in [-0.05, 0) is 15.9 Å². The van der Waals surface area contributed by atoms with Gasteiger partial charge in [0.1, 0.15) is 4.60 Å². The predicted octanol–water partition coefficient (Wildman–Crippen LogP) is 1.03. The molecule has 1 aromatic heterocycles. The summed E-state index contributed by atoms with van der Waals surface area (Å²) in [5, 5.41) is 0. The van der Waals surface area contributed by atoms with Crippen molar-refractivity contribution in [3.05, 3.63) is 27.4 Å². The van der Waals surface area contributed by atoms with Crippen molar-refractivity contribution in [1.82, 2.24) is 9.55 Å². The first-order valence-electron chi connectivity index (χ1n) is 3.39. The summed E-state index contributed by atoms with van der Waals surface area (Å²) in [5.41, 5.74) is -0.139. The van der Waals surface area contributed by atoms with E-state index in [0.29, 0.717) is 17.6 Å². The topological polar surface area (TPSA) is 34.9 Å². The smallest absolute Gasteiger partial charge is 0.269 e. The molecule has 12 heavy (non-hydrogen) atoms. The molecule has 62 valence electrons. The number of aromatic nitrogens is 2. The minimum atomic E-state index is -0.139. The van der Waals surface area contributed by atoms with E-state index in [1.807, 2.05) is 0 Å². The molecule has 0 N–H and O–H groups in total. The zero-order valence-corrected chi connectivity index (χ0v) is 7.91. The van der Waals surface area contributed by atoms with Gasteiger partial charge in [-0.1, -0.05) is 0 Å². The van der Waals surface area contributed by atoms with Crippen LogP contribution in [0.15, 0.2) is 21.8 Å². The van der Waals surface area contributed by atoms with Gasteiger partial charge in [-0.25, -0.2) is 0 Å². The maximum Gasteiger partial charge on any atom is 0.269 e. The van der Waals surface area contributed by atoms with Crippen LogP contribution in [0.2, 0.25) is 0 Å². The van der Waals surface area contributed by atoms with Crippen LogP contribution in [-0.2, 0) is 6.54 Å². The van der Waals surface area contributed by atoms with Crippen LogP contribution in [-0.4, -0.2) is 9.55 Å². The van der Waals surface area contributed by atoms with Crippen LogP contribution in [0.4, 0.5) is 0 Å². The number of hydrogen-bond donors (Lipinski definition) is 0. The highest BCUT2D eigenvalue weighted by Gasteiger charge is 1.98. The second-order valence-corrected chi connectivity index (χ2v) is 2.99. The van der Waals surface area contributed by atoms with Gasteiger partial charge in [0.05, 0.1) is 12.4 Å². The third-order valence-corrected chi connectivity index (χ3v) is 2.00. The first-order chi connectivity index (χ1) is 5.75. The number of rotatable bonds is 2. The van der Waals surface area contributed by atoms with Crippen LogP contribution in [0, 0.1) is 12.3 Å². The Hall–Kier alpha value is -1.08. The van der Waals surface area contributed by atoms with Gasteiger partial charge in [-0.2, -0.15) is 0 Å². The molecule has 3 nitrogen and oxygen atoms in total. The molecule has 0 saturated heterocycles. The van der Waals surface area contributed by atoms with Crippen LogP contribution in [0.5, 0.6) is 0 Å². The minimum Gasteiger partial charge on any atom is -0.299 e. The maximum absolute atomic E-state index is 11.1. The molecule has 0 aliphatic heterocycles. The third kappa shape index (κ3) is 1.95. The lowest BCUT2D eigenvalue weighted by Gasteiger charge is -2.03. The lowest BCUT2D eigenvalue weighted by molar-refractivity contribution is 0.665. The molecule has 0 unspecified atom stereocenters. The molecule has 0 saturated carbocycles. The second-order valence-electron chi connectivity index (χ2n) is 2.17. The largest absolute Gasteiger partial charge is 0.299 e. The average Bonchev–Trinajstić information content (AvgIpc) is 2.04. The van der Waals surface area contributed by atoms with E-state index < -0.39 is 0 Å².